The zero-order chi connectivity index (χ0) is 39.0. The Morgan fingerprint density at radius 2 is 1.74 bits per heavy atom. The molecule has 0 unspecified atom stereocenters. The van der Waals surface area contributed by atoms with E-state index < -0.39 is 17.9 Å². The molecule has 290 valence electrons. The number of anilines is 1. The van der Waals surface area contributed by atoms with Gasteiger partial charge < -0.3 is 18.9 Å². The Labute approximate surface area is 319 Å². The van der Waals surface area contributed by atoms with Crippen molar-refractivity contribution in [2.24, 2.45) is 10.8 Å². The summed E-state index contributed by atoms with van der Waals surface area (Å²) in [4.78, 5) is 48.2. The van der Waals surface area contributed by atoms with Gasteiger partial charge in [-0.2, -0.15) is 0 Å². The fraction of sp³-hybridized carbons (Fsp3) is 0.512. The topological polar surface area (TPSA) is 106 Å². The van der Waals surface area contributed by atoms with Gasteiger partial charge in [-0.25, -0.2) is 18.6 Å². The van der Waals surface area contributed by atoms with Gasteiger partial charge in [-0.15, -0.1) is 11.3 Å². The molecule has 54 heavy (non-hydrogen) atoms. The van der Waals surface area contributed by atoms with Crippen LogP contribution in [0.3, 0.4) is 0 Å². The Hall–Kier alpha value is -4.36. The molecule has 3 heterocycles. The number of carbonyl (C=O) groups is 3. The minimum Gasteiger partial charge on any atom is -0.460 e. The first-order valence-electron chi connectivity index (χ1n) is 18.5. The average molecular weight is 764 g/mol. The Bertz CT molecular complexity index is 1980. The number of esters is 1. The second-order valence-electron chi connectivity index (χ2n) is 16.9. The number of hydrogen-bond acceptors (Lipinski definition) is 8. The van der Waals surface area contributed by atoms with Gasteiger partial charge >= 0.3 is 12.1 Å². The quantitative estimate of drug-likeness (QED) is 0.152. The van der Waals surface area contributed by atoms with E-state index in [1.165, 1.54) is 12.1 Å². The van der Waals surface area contributed by atoms with Crippen molar-refractivity contribution in [3.8, 4) is 0 Å². The molecule has 10 nitrogen and oxygen atoms in total. The van der Waals surface area contributed by atoms with Crippen LogP contribution in [-0.2, 0) is 27.4 Å². The van der Waals surface area contributed by atoms with Crippen LogP contribution in [0.15, 0.2) is 60.7 Å². The number of rotatable bonds is 11. The molecule has 0 radical (unpaired) electrons. The zero-order valence-electron chi connectivity index (χ0n) is 32.2. The molecular formula is C41H51F2N5O5S. The lowest BCUT2D eigenvalue weighted by Crippen LogP contribution is -2.44. The van der Waals surface area contributed by atoms with E-state index in [0.29, 0.717) is 31.1 Å². The third-order valence-corrected chi connectivity index (χ3v) is 11.7. The highest BCUT2D eigenvalue weighted by Gasteiger charge is 2.51. The third-order valence-electron chi connectivity index (χ3n) is 10.6. The predicted molar refractivity (Wildman–Crippen MR) is 206 cm³/mol. The minimum absolute atomic E-state index is 0.00788. The number of nitrogens with zero attached hydrogens (tertiary/aromatic N) is 4. The highest BCUT2D eigenvalue weighted by atomic mass is 32.1. The molecule has 1 saturated heterocycles. The van der Waals surface area contributed by atoms with Crippen molar-refractivity contribution in [3.05, 3.63) is 81.5 Å². The summed E-state index contributed by atoms with van der Waals surface area (Å²) in [6.07, 6.45) is -0.571. The van der Waals surface area contributed by atoms with Gasteiger partial charge in [0.1, 0.15) is 12.2 Å². The van der Waals surface area contributed by atoms with Crippen molar-refractivity contribution in [2.75, 3.05) is 25.0 Å². The maximum Gasteiger partial charge on any atom is 0.410 e. The number of halogens is 2. The first-order valence-corrected chi connectivity index (χ1v) is 19.3. The number of imidazole rings is 1. The van der Waals surface area contributed by atoms with E-state index in [4.69, 9.17) is 14.5 Å². The van der Waals surface area contributed by atoms with Crippen LogP contribution >= 0.6 is 11.3 Å². The van der Waals surface area contributed by atoms with Gasteiger partial charge in [-0.1, -0.05) is 57.2 Å². The highest BCUT2D eigenvalue weighted by Crippen LogP contribution is 2.55. The molecule has 1 atom stereocenters. The second kappa shape index (κ2) is 15.4. The van der Waals surface area contributed by atoms with Crippen LogP contribution in [0, 0.1) is 10.8 Å². The molecule has 1 aliphatic heterocycles. The van der Waals surface area contributed by atoms with E-state index in [1.807, 2.05) is 73.9 Å². The summed E-state index contributed by atoms with van der Waals surface area (Å²) in [6.45, 7) is 16.1. The molecule has 4 aromatic rings. The molecule has 1 saturated carbocycles. The zero-order valence-corrected chi connectivity index (χ0v) is 33.0. The number of likely N-dealkylation sites (tertiary alicyclic amines) is 1. The molecule has 1 N–H and O–H groups in total. The number of benzene rings is 2. The molecule has 2 aromatic heterocycles. The van der Waals surface area contributed by atoms with Crippen molar-refractivity contribution in [2.45, 2.75) is 105 Å². The lowest BCUT2D eigenvalue weighted by atomic mass is 9.65. The number of carbonyl (C=O) groups excluding carboxylic acids is 3. The SMILES string of the molecule is C[C@H](N(CC(=O)OCc1ccccc1)Cc1ccc2c(c1)nc(NC(=O)c1ccc(C(F)F)s1)n2C1CC2(CCN(C(=O)OC(C)(C)C)C2)C1)C(C)(C)C. The number of nitrogens with one attached hydrogen (secondary N) is 1. The van der Waals surface area contributed by atoms with Gasteiger partial charge in [-0.3, -0.25) is 19.8 Å². The summed E-state index contributed by atoms with van der Waals surface area (Å²) in [6, 6.07) is 18.3. The minimum atomic E-state index is -2.66. The van der Waals surface area contributed by atoms with Crippen molar-refractivity contribution in [1.29, 1.82) is 0 Å². The number of ether oxygens (including phenoxy) is 2. The largest absolute Gasteiger partial charge is 0.460 e. The lowest BCUT2D eigenvalue weighted by molar-refractivity contribution is -0.147. The molecule has 13 heteroatoms. The molecule has 6 rings (SSSR count). The number of aromatic nitrogens is 2. The number of amides is 2. The second-order valence-corrected chi connectivity index (χ2v) is 18.0. The van der Waals surface area contributed by atoms with Crippen LogP contribution in [0.25, 0.3) is 11.0 Å². The Balaban J connectivity index is 1.24. The first kappa shape index (κ1) is 39.3. The molecule has 1 spiro atoms. The summed E-state index contributed by atoms with van der Waals surface area (Å²) in [5.74, 6) is -0.482. The highest BCUT2D eigenvalue weighted by molar-refractivity contribution is 7.14. The van der Waals surface area contributed by atoms with E-state index in [2.05, 4.69) is 37.9 Å². The summed E-state index contributed by atoms with van der Waals surface area (Å²) in [7, 11) is 0. The van der Waals surface area contributed by atoms with Gasteiger partial charge in [0.05, 0.1) is 27.3 Å². The van der Waals surface area contributed by atoms with Crippen LogP contribution in [0.1, 0.15) is 106 Å². The molecule has 0 bridgehead atoms. The van der Waals surface area contributed by atoms with Crippen molar-refractivity contribution < 1.29 is 32.6 Å². The fourth-order valence-electron chi connectivity index (χ4n) is 7.39. The average Bonchev–Trinajstić information content (AvgIpc) is 3.83. The summed E-state index contributed by atoms with van der Waals surface area (Å²) in [5, 5.41) is 2.92. The van der Waals surface area contributed by atoms with E-state index in [0.717, 1.165) is 47.2 Å². The van der Waals surface area contributed by atoms with Crippen LogP contribution in [-0.4, -0.2) is 68.6 Å². The molecule has 2 aromatic carbocycles. The number of thiophene rings is 1. The fourth-order valence-corrected chi connectivity index (χ4v) is 8.15. The molecule has 2 amide bonds. The van der Waals surface area contributed by atoms with Crippen LogP contribution in [0.2, 0.25) is 0 Å². The molecule has 1 aliphatic carbocycles. The smallest absolute Gasteiger partial charge is 0.410 e. The van der Waals surface area contributed by atoms with E-state index in [1.54, 1.807) is 4.90 Å². The first-order chi connectivity index (χ1) is 25.4. The van der Waals surface area contributed by atoms with Gasteiger partial charge in [-0.05, 0) is 93.2 Å². The Kier molecular flexibility index (Phi) is 11.2. The monoisotopic (exact) mass is 763 g/mol. The summed E-state index contributed by atoms with van der Waals surface area (Å²) >= 11 is 0.760. The maximum absolute atomic E-state index is 13.4. The number of fused-ring (bicyclic) bond motifs is 1. The van der Waals surface area contributed by atoms with E-state index in [-0.39, 0.29) is 57.9 Å². The number of hydrogen-bond donors (Lipinski definition) is 1. The normalized spacial score (nSPS) is 19.4. The maximum atomic E-state index is 13.4. The van der Waals surface area contributed by atoms with Crippen molar-refractivity contribution in [1.82, 2.24) is 19.4 Å². The van der Waals surface area contributed by atoms with Gasteiger partial charge in [0.25, 0.3) is 12.3 Å². The predicted octanol–water partition coefficient (Wildman–Crippen LogP) is 9.23. The molecule has 2 fully saturated rings. The summed E-state index contributed by atoms with van der Waals surface area (Å²) < 4.78 is 40.0. The summed E-state index contributed by atoms with van der Waals surface area (Å²) in [5.41, 5.74) is 2.57. The van der Waals surface area contributed by atoms with Gasteiger partial charge in [0.2, 0.25) is 5.95 Å². The standard InChI is InChI=1S/C41H51F2N5O5S/c1-26(39(2,3)4)47(23-34(49)52-24-27-11-9-8-10-12-27)22-28-13-14-31-30(19-28)44-37(45-36(50)33-16-15-32(54-33)35(42)43)48(31)29-20-41(21-29)17-18-46(25-41)38(51)53-40(5,6)7/h8-16,19,26,29,35H,17-18,20-25H2,1-7H3,(H,44,45,50)/t26-,29?,41?/m0/s1. The van der Waals surface area contributed by atoms with Crippen molar-refractivity contribution in [3.63, 3.8) is 0 Å². The van der Waals surface area contributed by atoms with E-state index in [9.17, 15) is 23.2 Å². The Morgan fingerprint density at radius 1 is 1.02 bits per heavy atom. The van der Waals surface area contributed by atoms with Crippen LogP contribution in [0.5, 0.6) is 0 Å². The van der Waals surface area contributed by atoms with Gasteiger partial charge in [0, 0.05) is 31.7 Å². The Morgan fingerprint density at radius 3 is 2.39 bits per heavy atom. The van der Waals surface area contributed by atoms with Crippen molar-refractivity contribution >= 4 is 46.3 Å². The number of alkyl halides is 2. The lowest BCUT2D eigenvalue weighted by Gasteiger charge is -2.46. The molecular weight excluding hydrogens is 713 g/mol. The van der Waals surface area contributed by atoms with Crippen LogP contribution < -0.4 is 5.32 Å². The van der Waals surface area contributed by atoms with Gasteiger partial charge in [0.15, 0.2) is 0 Å². The van der Waals surface area contributed by atoms with Crippen LogP contribution in [0.4, 0.5) is 19.5 Å². The van der Waals surface area contributed by atoms with E-state index >= 15 is 0 Å². The molecule has 2 aliphatic rings. The third kappa shape index (κ3) is 9.11.